The Balaban J connectivity index is 0.000000252. The Morgan fingerprint density at radius 2 is 0.918 bits per heavy atom. The van der Waals surface area contributed by atoms with Gasteiger partial charge in [-0.2, -0.15) is 0 Å². The lowest BCUT2D eigenvalue weighted by molar-refractivity contribution is -0.121. The number of carbonyl (C=O) groups excluding carboxylic acids is 2. The lowest BCUT2D eigenvalue weighted by Crippen LogP contribution is -2.25. The number of aromatic nitrogens is 6. The highest BCUT2D eigenvalue weighted by Crippen LogP contribution is 2.37. The lowest BCUT2D eigenvalue weighted by atomic mass is 9.99. The Morgan fingerprint density at radius 3 is 1.36 bits per heavy atom. The molecule has 0 saturated carbocycles. The van der Waals surface area contributed by atoms with Crippen LogP contribution in [0.25, 0.3) is 11.4 Å². The molecular weight excluding hydrogens is 1130 g/mol. The van der Waals surface area contributed by atoms with E-state index in [9.17, 15) is 9.59 Å². The molecule has 8 rings (SSSR count). The number of hydrogen-bond acceptors (Lipinski definition) is 18. The molecule has 6 aromatic rings. The zero-order valence-corrected chi connectivity index (χ0v) is 51.0. The number of methoxy groups -OCH3 is 1. The van der Waals surface area contributed by atoms with Crippen molar-refractivity contribution in [3.05, 3.63) is 141 Å². The molecule has 458 valence electrons. The maximum Gasteiger partial charge on any atom is 0.222 e. The standard InChI is InChI=1S/C35H47ClN4O8.C27H32ClN5O4/c1-4-43-14-15-45-18-19-47-22-23-48-21-20-46-17-16-44-13-5-6-29(41)24-32-35-39-38-26(2)40(35)33-12-11-30(42-3)25-31(33)34(37-32)27-7-9-28(36)10-8-27;1-4-29-25(34)17-23-27-32-31-18(3)33(27)24-11-10-21(37-15-14-36-13-12-35-5-2)16-22(24)26(30-23)19-6-8-20(28)9-7-19/h7-12,25,32H,4-6,13-24H2,1-3H3;6-11,16,23H,4-5,12-15,17H2,1-3H3,(H,29,34)/t32-;23-/m00/s1. The summed E-state index contributed by atoms with van der Waals surface area (Å²) in [6.45, 7) is 19.0. The highest BCUT2D eigenvalue weighted by molar-refractivity contribution is 6.31. The van der Waals surface area contributed by atoms with Gasteiger partial charge in [0.05, 0.1) is 122 Å². The largest absolute Gasteiger partial charge is 0.497 e. The molecule has 4 aromatic carbocycles. The molecule has 2 aliphatic rings. The number of aryl methyl sites for hydroxylation is 2. The van der Waals surface area contributed by atoms with Crippen LogP contribution in [0.1, 0.15) is 104 Å². The van der Waals surface area contributed by atoms with Crippen LogP contribution in [-0.2, 0) is 47.5 Å². The summed E-state index contributed by atoms with van der Waals surface area (Å²) in [5.41, 5.74) is 6.66. The van der Waals surface area contributed by atoms with Crippen LogP contribution in [0.3, 0.4) is 0 Å². The number of ether oxygens (including phenoxy) is 10. The van der Waals surface area contributed by atoms with Crippen molar-refractivity contribution in [1.82, 2.24) is 34.8 Å². The average molecular weight is 1210 g/mol. The van der Waals surface area contributed by atoms with E-state index in [-0.39, 0.29) is 24.5 Å². The normalized spacial score (nSPS) is 14.1. The van der Waals surface area contributed by atoms with E-state index >= 15 is 0 Å². The quantitative estimate of drug-likeness (QED) is 0.0362. The van der Waals surface area contributed by atoms with E-state index < -0.39 is 12.1 Å². The van der Waals surface area contributed by atoms with Crippen LogP contribution in [-0.4, -0.2) is 179 Å². The Labute approximate surface area is 507 Å². The summed E-state index contributed by atoms with van der Waals surface area (Å²) in [7, 11) is 1.63. The molecule has 0 saturated heterocycles. The molecule has 2 aromatic heterocycles. The molecule has 0 radical (unpaired) electrons. The van der Waals surface area contributed by atoms with Crippen molar-refractivity contribution in [2.45, 2.75) is 72.4 Å². The fourth-order valence-electron chi connectivity index (χ4n) is 9.28. The molecule has 1 N–H and O–H groups in total. The maximum atomic E-state index is 13.2. The number of benzene rings is 4. The minimum absolute atomic E-state index is 0.0741. The summed E-state index contributed by atoms with van der Waals surface area (Å²) in [5, 5.41) is 21.6. The highest BCUT2D eigenvalue weighted by Gasteiger charge is 2.32. The number of halogens is 2. The van der Waals surface area contributed by atoms with Crippen molar-refractivity contribution >= 4 is 46.3 Å². The predicted molar refractivity (Wildman–Crippen MR) is 324 cm³/mol. The van der Waals surface area contributed by atoms with Crippen LogP contribution in [0.2, 0.25) is 10.0 Å². The number of rotatable bonds is 36. The number of amides is 1. The predicted octanol–water partition coefficient (Wildman–Crippen LogP) is 9.07. The van der Waals surface area contributed by atoms with E-state index in [1.54, 1.807) is 7.11 Å². The average Bonchev–Trinajstić information content (AvgIpc) is 2.27. The van der Waals surface area contributed by atoms with Gasteiger partial charge in [0.15, 0.2) is 11.6 Å². The molecule has 0 spiro atoms. The Kier molecular flexibility index (Phi) is 27.8. The first-order chi connectivity index (χ1) is 41.5. The maximum absolute atomic E-state index is 13.2. The van der Waals surface area contributed by atoms with Crippen LogP contribution in [0, 0.1) is 13.8 Å². The fourth-order valence-corrected chi connectivity index (χ4v) is 9.53. The minimum Gasteiger partial charge on any atom is -0.497 e. The molecule has 23 heteroatoms. The third-order valence-corrected chi connectivity index (χ3v) is 13.8. The number of hydrogen-bond donors (Lipinski definition) is 1. The summed E-state index contributed by atoms with van der Waals surface area (Å²) < 4.78 is 59.1. The molecule has 4 heterocycles. The molecule has 0 aliphatic carbocycles. The first-order valence-electron chi connectivity index (χ1n) is 28.9. The third-order valence-electron chi connectivity index (χ3n) is 13.3. The van der Waals surface area contributed by atoms with Crippen molar-refractivity contribution in [1.29, 1.82) is 0 Å². The van der Waals surface area contributed by atoms with E-state index in [1.165, 1.54) is 0 Å². The molecule has 2 aliphatic heterocycles. The van der Waals surface area contributed by atoms with Crippen LogP contribution in [0.15, 0.2) is 94.9 Å². The van der Waals surface area contributed by atoms with E-state index in [0.717, 1.165) is 45.1 Å². The molecule has 0 bridgehead atoms. The van der Waals surface area contributed by atoms with E-state index in [0.29, 0.717) is 177 Å². The Bertz CT molecular complexity index is 3080. The van der Waals surface area contributed by atoms with Crippen LogP contribution in [0.4, 0.5) is 0 Å². The molecule has 0 fully saturated rings. The number of ketones is 1. The van der Waals surface area contributed by atoms with Gasteiger partial charge in [0, 0.05) is 71.5 Å². The number of Topliss-reactive ketones (excluding diaryl/α,β-unsaturated/α-hetero) is 1. The highest BCUT2D eigenvalue weighted by atomic mass is 35.5. The molecule has 2 atom stereocenters. The SMILES string of the molecule is CCNC(=O)C[C@@H]1N=C(c2ccc(Cl)cc2)c2cc(OCCOCCOCC)ccc2-n2c(C)nnc21.CCOCCOCCOCCOCCOCCOCCCC(=O)C[C@@H]1N=C(c2ccc(Cl)cc2)c2cc(OC)ccc2-n2c(C)nnc21. The van der Waals surface area contributed by atoms with Crippen molar-refractivity contribution < 1.29 is 57.0 Å². The molecule has 85 heavy (non-hydrogen) atoms. The number of fused-ring (bicyclic) bond motifs is 6. The van der Waals surface area contributed by atoms with E-state index in [4.69, 9.17) is 80.6 Å². The summed E-state index contributed by atoms with van der Waals surface area (Å²) in [5.74, 6) is 4.02. The van der Waals surface area contributed by atoms with Gasteiger partial charge in [-0.25, -0.2) is 0 Å². The second kappa shape index (κ2) is 35.8. The Hall–Kier alpha value is -6.50. The Morgan fingerprint density at radius 1 is 0.506 bits per heavy atom. The summed E-state index contributed by atoms with van der Waals surface area (Å²) >= 11 is 12.4. The molecular formula is C62H79Cl2N9O12. The number of aliphatic imine (C=N–C) groups is 2. The van der Waals surface area contributed by atoms with Gasteiger partial charge in [0.1, 0.15) is 47.6 Å². The van der Waals surface area contributed by atoms with Crippen LogP contribution < -0.4 is 14.8 Å². The third kappa shape index (κ3) is 20.0. The summed E-state index contributed by atoms with van der Waals surface area (Å²) in [6, 6.07) is 25.6. The van der Waals surface area contributed by atoms with Gasteiger partial charge in [0.25, 0.3) is 0 Å². The second-order valence-electron chi connectivity index (χ2n) is 19.4. The van der Waals surface area contributed by atoms with Gasteiger partial charge in [-0.1, -0.05) is 47.5 Å². The molecule has 21 nitrogen and oxygen atoms in total. The molecule has 1 amide bonds. The first kappa shape index (κ1) is 66.0. The van der Waals surface area contributed by atoms with Gasteiger partial charge in [-0.05, 0) is 102 Å². The lowest BCUT2D eigenvalue weighted by Gasteiger charge is -2.15. The zero-order valence-electron chi connectivity index (χ0n) is 49.5. The summed E-state index contributed by atoms with van der Waals surface area (Å²) in [4.78, 5) is 36.0. The van der Waals surface area contributed by atoms with Gasteiger partial charge in [-0.3, -0.25) is 28.7 Å². The molecule has 0 unspecified atom stereocenters. The fraction of sp³-hybridized carbons (Fsp3) is 0.484. The van der Waals surface area contributed by atoms with Gasteiger partial charge in [0.2, 0.25) is 5.91 Å². The van der Waals surface area contributed by atoms with Gasteiger partial charge < -0.3 is 52.7 Å². The number of carbonyl (C=O) groups is 2. The van der Waals surface area contributed by atoms with Gasteiger partial charge in [-0.15, -0.1) is 20.4 Å². The van der Waals surface area contributed by atoms with Crippen molar-refractivity contribution in [3.8, 4) is 22.9 Å². The van der Waals surface area contributed by atoms with Crippen LogP contribution in [0.5, 0.6) is 11.5 Å². The number of nitrogens with one attached hydrogen (secondary N) is 1. The smallest absolute Gasteiger partial charge is 0.222 e. The van der Waals surface area contributed by atoms with Crippen LogP contribution >= 0.6 is 23.2 Å². The first-order valence-corrected chi connectivity index (χ1v) is 29.7. The topological polar surface area (TPSA) is 225 Å². The summed E-state index contributed by atoms with van der Waals surface area (Å²) in [6.07, 6.45) is 1.31. The minimum atomic E-state index is -0.520. The van der Waals surface area contributed by atoms with Crippen molar-refractivity contribution in [2.24, 2.45) is 9.98 Å². The second-order valence-corrected chi connectivity index (χ2v) is 20.2. The van der Waals surface area contributed by atoms with E-state index in [2.05, 4.69) is 25.7 Å². The zero-order chi connectivity index (χ0) is 60.2. The number of nitrogens with zero attached hydrogens (tertiary/aromatic N) is 8. The van der Waals surface area contributed by atoms with Crippen molar-refractivity contribution in [3.63, 3.8) is 0 Å². The van der Waals surface area contributed by atoms with E-state index in [1.807, 2.05) is 129 Å². The van der Waals surface area contributed by atoms with Gasteiger partial charge >= 0.3 is 0 Å². The monoisotopic (exact) mass is 1210 g/mol. The van der Waals surface area contributed by atoms with Crippen molar-refractivity contribution in [2.75, 3.05) is 126 Å².